The number of carboxylic acid groups (broad SMARTS) is 1. The van der Waals surface area contributed by atoms with Crippen molar-refractivity contribution in [2.45, 2.75) is 12.7 Å². The minimum Gasteiger partial charge on any atom is -0.480 e. The molecule has 106 valence electrons. The topological polar surface area (TPSA) is 59.3 Å². The van der Waals surface area contributed by atoms with E-state index in [4.69, 9.17) is 5.11 Å². The monoisotopic (exact) mass is 289 g/mol. The van der Waals surface area contributed by atoms with E-state index in [0.29, 0.717) is 16.7 Å². The van der Waals surface area contributed by atoms with Crippen molar-refractivity contribution >= 4 is 16.9 Å². The Morgan fingerprint density at radius 1 is 1.25 bits per heavy atom. The zero-order valence-corrected chi connectivity index (χ0v) is 9.74. The van der Waals surface area contributed by atoms with E-state index >= 15 is 0 Å². The van der Waals surface area contributed by atoms with Gasteiger partial charge in [-0.25, -0.2) is 4.39 Å². The van der Waals surface area contributed by atoms with E-state index in [9.17, 15) is 27.2 Å². The number of hydrogen-bond acceptors (Lipinski definition) is 2. The van der Waals surface area contributed by atoms with E-state index in [1.54, 1.807) is 0 Å². The third kappa shape index (κ3) is 2.49. The number of carbonyl (C=O) groups is 1. The van der Waals surface area contributed by atoms with Crippen LogP contribution >= 0.6 is 0 Å². The largest absolute Gasteiger partial charge is 0.480 e. The van der Waals surface area contributed by atoms with E-state index < -0.39 is 35.6 Å². The number of halogens is 4. The molecule has 0 bridgehead atoms. The Hall–Kier alpha value is -2.38. The predicted molar refractivity (Wildman–Crippen MR) is 60.8 cm³/mol. The molecule has 0 aliphatic heterocycles. The van der Waals surface area contributed by atoms with Crippen LogP contribution in [0.3, 0.4) is 0 Å². The number of pyridine rings is 1. The molecule has 0 spiro atoms. The van der Waals surface area contributed by atoms with Crippen molar-refractivity contribution < 1.29 is 27.5 Å². The SMILES string of the molecule is O=C(O)Cn1c(=O)ccc2cc(C(F)(F)F)c(F)cc21. The second-order valence-electron chi connectivity index (χ2n) is 4.04. The predicted octanol–water partition coefficient (Wildman–Crippen LogP) is 2.24. The molecular weight excluding hydrogens is 282 g/mol. The molecule has 1 aromatic heterocycles. The van der Waals surface area contributed by atoms with E-state index in [0.717, 1.165) is 12.1 Å². The third-order valence-electron chi connectivity index (χ3n) is 2.68. The number of benzene rings is 1. The number of carboxylic acids is 1. The van der Waals surface area contributed by atoms with Crippen LogP contribution in [0.25, 0.3) is 10.9 Å². The fraction of sp³-hybridized carbons (Fsp3) is 0.167. The molecule has 0 radical (unpaired) electrons. The van der Waals surface area contributed by atoms with Crippen molar-refractivity contribution in [3.05, 3.63) is 46.0 Å². The smallest absolute Gasteiger partial charge is 0.419 e. The molecule has 0 fully saturated rings. The lowest BCUT2D eigenvalue weighted by molar-refractivity contribution is -0.140. The summed E-state index contributed by atoms with van der Waals surface area (Å²) in [6.45, 7) is -0.763. The first-order chi connectivity index (χ1) is 9.20. The van der Waals surface area contributed by atoms with Crippen molar-refractivity contribution in [2.24, 2.45) is 0 Å². The first kappa shape index (κ1) is 14.0. The number of rotatable bonds is 2. The van der Waals surface area contributed by atoms with Crippen molar-refractivity contribution in [3.63, 3.8) is 0 Å². The van der Waals surface area contributed by atoms with Gasteiger partial charge in [-0.15, -0.1) is 0 Å². The van der Waals surface area contributed by atoms with Crippen molar-refractivity contribution in [1.82, 2.24) is 4.57 Å². The maximum atomic E-state index is 13.5. The van der Waals surface area contributed by atoms with Crippen LogP contribution < -0.4 is 5.56 Å². The van der Waals surface area contributed by atoms with Crippen LogP contribution in [-0.2, 0) is 17.5 Å². The van der Waals surface area contributed by atoms with Crippen LogP contribution in [-0.4, -0.2) is 15.6 Å². The molecule has 0 saturated carbocycles. The lowest BCUT2D eigenvalue weighted by atomic mass is 10.1. The standard InChI is InChI=1S/C12H7F4NO3/c13-8-4-9-6(3-7(8)12(14,15)16)1-2-10(18)17(9)5-11(19)20/h1-4H,5H2,(H,19,20). The van der Waals surface area contributed by atoms with Gasteiger partial charge in [0.05, 0.1) is 11.1 Å². The van der Waals surface area contributed by atoms with Gasteiger partial charge in [0.25, 0.3) is 5.56 Å². The highest BCUT2D eigenvalue weighted by molar-refractivity contribution is 5.81. The van der Waals surface area contributed by atoms with Crippen LogP contribution in [0.2, 0.25) is 0 Å². The lowest BCUT2D eigenvalue weighted by Gasteiger charge is -2.12. The number of aliphatic carboxylic acids is 1. The maximum Gasteiger partial charge on any atom is 0.419 e. The molecule has 2 aromatic rings. The number of fused-ring (bicyclic) bond motifs is 1. The van der Waals surface area contributed by atoms with E-state index in [2.05, 4.69) is 0 Å². The summed E-state index contributed by atoms with van der Waals surface area (Å²) in [5.74, 6) is -2.92. The molecule has 0 atom stereocenters. The number of hydrogen-bond donors (Lipinski definition) is 1. The van der Waals surface area contributed by atoms with E-state index in [1.807, 2.05) is 0 Å². The highest BCUT2D eigenvalue weighted by Crippen LogP contribution is 2.33. The Morgan fingerprint density at radius 2 is 1.90 bits per heavy atom. The van der Waals surface area contributed by atoms with Gasteiger partial charge in [-0.2, -0.15) is 13.2 Å². The summed E-state index contributed by atoms with van der Waals surface area (Å²) < 4.78 is 51.9. The molecule has 1 heterocycles. The Balaban J connectivity index is 2.78. The summed E-state index contributed by atoms with van der Waals surface area (Å²) in [6.07, 6.45) is -4.87. The average molecular weight is 289 g/mol. The summed E-state index contributed by atoms with van der Waals surface area (Å²) in [4.78, 5) is 22.2. The first-order valence-corrected chi connectivity index (χ1v) is 5.32. The quantitative estimate of drug-likeness (QED) is 0.863. The molecule has 2 rings (SSSR count). The molecule has 0 saturated heterocycles. The Bertz CT molecular complexity index is 749. The minimum absolute atomic E-state index is 0.0698. The number of alkyl halides is 3. The van der Waals surface area contributed by atoms with Gasteiger partial charge in [-0.1, -0.05) is 0 Å². The molecule has 0 amide bonds. The molecule has 20 heavy (non-hydrogen) atoms. The van der Waals surface area contributed by atoms with Crippen LogP contribution in [0.1, 0.15) is 5.56 Å². The van der Waals surface area contributed by atoms with Crippen molar-refractivity contribution in [1.29, 1.82) is 0 Å². The normalized spacial score (nSPS) is 11.8. The van der Waals surface area contributed by atoms with Crippen LogP contribution in [0, 0.1) is 5.82 Å². The first-order valence-electron chi connectivity index (χ1n) is 5.32. The summed E-state index contributed by atoms with van der Waals surface area (Å²) >= 11 is 0. The van der Waals surface area contributed by atoms with Gasteiger partial charge >= 0.3 is 12.1 Å². The second-order valence-corrected chi connectivity index (χ2v) is 4.04. The third-order valence-corrected chi connectivity index (χ3v) is 2.68. The molecule has 1 aromatic carbocycles. The van der Waals surface area contributed by atoms with Gasteiger partial charge in [-0.05, 0) is 23.6 Å². The average Bonchev–Trinajstić information content (AvgIpc) is 2.31. The molecule has 4 nitrogen and oxygen atoms in total. The fourth-order valence-corrected chi connectivity index (χ4v) is 1.83. The lowest BCUT2D eigenvalue weighted by Crippen LogP contribution is -2.24. The maximum absolute atomic E-state index is 13.5. The van der Waals surface area contributed by atoms with E-state index in [1.165, 1.54) is 0 Å². The second kappa shape index (κ2) is 4.62. The van der Waals surface area contributed by atoms with Gasteiger partial charge in [0.1, 0.15) is 12.4 Å². The fourth-order valence-electron chi connectivity index (χ4n) is 1.83. The van der Waals surface area contributed by atoms with Crippen molar-refractivity contribution in [2.75, 3.05) is 0 Å². The Morgan fingerprint density at radius 3 is 2.45 bits per heavy atom. The summed E-state index contributed by atoms with van der Waals surface area (Å²) in [7, 11) is 0. The molecule has 1 N–H and O–H groups in total. The zero-order chi connectivity index (χ0) is 15.1. The van der Waals surface area contributed by atoms with Gasteiger partial charge in [0.15, 0.2) is 0 Å². The summed E-state index contributed by atoms with van der Waals surface area (Å²) in [6, 6.07) is 3.08. The van der Waals surface area contributed by atoms with Crippen LogP contribution in [0.5, 0.6) is 0 Å². The van der Waals surface area contributed by atoms with Gasteiger partial charge < -0.3 is 5.11 Å². The minimum atomic E-state index is -4.87. The Labute approximate surface area is 108 Å². The van der Waals surface area contributed by atoms with Gasteiger partial charge in [-0.3, -0.25) is 14.2 Å². The number of nitrogens with zero attached hydrogens (tertiary/aromatic N) is 1. The number of aromatic nitrogens is 1. The van der Waals surface area contributed by atoms with Crippen molar-refractivity contribution in [3.8, 4) is 0 Å². The molecular formula is C12H7F4NO3. The molecule has 0 aliphatic rings. The Kier molecular flexibility index (Phi) is 3.24. The highest BCUT2D eigenvalue weighted by Gasteiger charge is 2.34. The van der Waals surface area contributed by atoms with Gasteiger partial charge in [0.2, 0.25) is 0 Å². The van der Waals surface area contributed by atoms with Crippen LogP contribution in [0.15, 0.2) is 29.1 Å². The zero-order valence-electron chi connectivity index (χ0n) is 9.74. The van der Waals surface area contributed by atoms with E-state index in [-0.39, 0.29) is 10.9 Å². The summed E-state index contributed by atoms with van der Waals surface area (Å²) in [5.41, 5.74) is -2.41. The van der Waals surface area contributed by atoms with Gasteiger partial charge in [0, 0.05) is 6.07 Å². The molecule has 8 heteroatoms. The highest BCUT2D eigenvalue weighted by atomic mass is 19.4. The van der Waals surface area contributed by atoms with Crippen LogP contribution in [0.4, 0.5) is 17.6 Å². The molecule has 0 unspecified atom stereocenters. The molecule has 0 aliphatic carbocycles. The summed E-state index contributed by atoms with van der Waals surface area (Å²) in [5, 5.41) is 8.60.